The smallest absolute Gasteiger partial charge is 0.393 e. The Morgan fingerprint density at radius 1 is 1.18 bits per heavy atom. The number of hydrogen-bond acceptors (Lipinski definition) is 7. The van der Waals surface area contributed by atoms with Crippen LogP contribution >= 0.6 is 0 Å². The van der Waals surface area contributed by atoms with Crippen LogP contribution in [0.4, 0.5) is 17.5 Å². The third-order valence-electron chi connectivity index (χ3n) is 6.18. The van der Waals surface area contributed by atoms with Crippen molar-refractivity contribution >= 4 is 33.6 Å². The minimum Gasteiger partial charge on any atom is -0.393 e. The molecule has 13 heteroatoms. The zero-order chi connectivity index (χ0) is 23.8. The van der Waals surface area contributed by atoms with Crippen molar-refractivity contribution in [3.63, 3.8) is 0 Å². The summed E-state index contributed by atoms with van der Waals surface area (Å²) in [5, 5.41) is 8.99. The molecule has 2 aromatic rings. The molecule has 4 heterocycles. The maximum atomic E-state index is 12.7. The third-order valence-corrected chi connectivity index (χ3v) is 8.05. The van der Waals surface area contributed by atoms with Crippen LogP contribution in [0.2, 0.25) is 0 Å². The highest BCUT2D eigenvalue weighted by atomic mass is 32.2. The molecule has 0 aromatic carbocycles. The van der Waals surface area contributed by atoms with Crippen molar-refractivity contribution in [3.8, 4) is 0 Å². The van der Waals surface area contributed by atoms with E-state index in [1.165, 1.54) is 8.61 Å². The van der Waals surface area contributed by atoms with E-state index in [-0.39, 0.29) is 17.7 Å². The molecule has 2 saturated heterocycles. The number of anilines is 2. The lowest BCUT2D eigenvalue weighted by molar-refractivity contribution is 0.101. The lowest BCUT2D eigenvalue weighted by Gasteiger charge is -2.36. The Morgan fingerprint density at radius 3 is 2.45 bits per heavy atom. The summed E-state index contributed by atoms with van der Waals surface area (Å²) in [7, 11) is -0.311. The topological polar surface area (TPSA) is 132 Å². The zero-order valence-corrected chi connectivity index (χ0v) is 19.6. The average Bonchev–Trinajstić information content (AvgIpc) is 3.28. The first-order chi connectivity index (χ1) is 15.7. The highest BCUT2D eigenvalue weighted by molar-refractivity contribution is 7.86. The number of nitrogens with zero attached hydrogens (tertiary/aromatic N) is 7. The van der Waals surface area contributed by atoms with Gasteiger partial charge in [-0.05, 0) is 30.9 Å². The summed E-state index contributed by atoms with van der Waals surface area (Å²) in [5.41, 5.74) is 1.30. The Labute approximate surface area is 193 Å². The van der Waals surface area contributed by atoms with Gasteiger partial charge in [-0.25, -0.2) is 4.98 Å². The molecular weight excluding hydrogens is 446 g/mol. The minimum atomic E-state index is -3.44. The van der Waals surface area contributed by atoms with Gasteiger partial charge in [0.2, 0.25) is 0 Å². The Kier molecular flexibility index (Phi) is 6.33. The van der Waals surface area contributed by atoms with Crippen molar-refractivity contribution < 1.29 is 13.2 Å². The summed E-state index contributed by atoms with van der Waals surface area (Å²) in [6, 6.07) is 3.61. The number of aromatic amines is 1. The second-order valence-electron chi connectivity index (χ2n) is 8.59. The number of hydrogen-bond donors (Lipinski definition) is 2. The second-order valence-corrected chi connectivity index (χ2v) is 10.7. The van der Waals surface area contributed by atoms with E-state index in [9.17, 15) is 13.2 Å². The molecule has 2 aliphatic heterocycles. The fourth-order valence-corrected chi connectivity index (χ4v) is 5.34. The maximum Gasteiger partial charge on any atom is 0.393 e. The van der Waals surface area contributed by atoms with Gasteiger partial charge in [-0.2, -0.15) is 22.1 Å². The fraction of sp³-hybridized carbons (Fsp3) is 0.550. The fourth-order valence-electron chi connectivity index (χ4n) is 4.13. The van der Waals surface area contributed by atoms with Crippen molar-refractivity contribution in [2.24, 2.45) is 5.92 Å². The van der Waals surface area contributed by atoms with Gasteiger partial charge in [-0.15, -0.1) is 11.6 Å². The molecule has 2 aromatic heterocycles. The highest BCUT2D eigenvalue weighted by Crippen LogP contribution is 2.32. The molecule has 0 spiro atoms. The van der Waals surface area contributed by atoms with Crippen LogP contribution in [-0.2, 0) is 10.2 Å². The van der Waals surface area contributed by atoms with Crippen LogP contribution in [-0.4, -0.2) is 83.4 Å². The second kappa shape index (κ2) is 9.05. The molecular formula is C20H27N9O3S. The number of likely N-dealkylation sites (N-methyl/N-ethyl adjacent to an activating group) is 2. The number of rotatable bonds is 4. The van der Waals surface area contributed by atoms with Gasteiger partial charge in [0.05, 0.1) is 5.69 Å². The van der Waals surface area contributed by atoms with Crippen molar-refractivity contribution in [1.82, 2.24) is 28.8 Å². The SMILES string of the molecule is [C-]#[N+]c1n[nH]c(C(=O)Nc2ccc(C3CN(C)S(=O)(=O)N(C)C3)nc2N2CCC(C)CC2)n1. The quantitative estimate of drug-likeness (QED) is 0.642. The highest BCUT2D eigenvalue weighted by Gasteiger charge is 2.35. The standard InChI is InChI=1S/C20H27N9O3S/c1-13-7-9-29(10-8-13)18-16(23-19(30)17-24-20(21-2)26-25-17)6-5-15(22-18)14-11-27(3)33(31,32)28(4)12-14/h5-6,13-14H,7-12H2,1,3-4H3,(H,23,30)(H,24,25,26). The normalized spacial score (nSPS) is 20.5. The number of H-pyrrole nitrogens is 1. The van der Waals surface area contributed by atoms with E-state index in [4.69, 9.17) is 11.6 Å². The van der Waals surface area contributed by atoms with Gasteiger partial charge < -0.3 is 15.1 Å². The lowest BCUT2D eigenvalue weighted by atomic mass is 9.99. The molecule has 4 rings (SSSR count). The van der Waals surface area contributed by atoms with E-state index in [0.717, 1.165) is 31.6 Å². The number of aromatic nitrogens is 4. The number of carbonyl (C=O) groups excluding carboxylic acids is 1. The molecule has 0 saturated carbocycles. The molecule has 33 heavy (non-hydrogen) atoms. The predicted molar refractivity (Wildman–Crippen MR) is 122 cm³/mol. The Balaban J connectivity index is 1.64. The minimum absolute atomic E-state index is 0.0518. The summed E-state index contributed by atoms with van der Waals surface area (Å²) in [6.07, 6.45) is 2.03. The average molecular weight is 474 g/mol. The summed E-state index contributed by atoms with van der Waals surface area (Å²) < 4.78 is 27.3. The van der Waals surface area contributed by atoms with E-state index in [1.54, 1.807) is 20.2 Å². The van der Waals surface area contributed by atoms with E-state index in [0.29, 0.717) is 30.5 Å². The molecule has 0 aliphatic carbocycles. The van der Waals surface area contributed by atoms with Crippen LogP contribution in [0.25, 0.3) is 4.85 Å². The first-order valence-electron chi connectivity index (χ1n) is 10.7. The van der Waals surface area contributed by atoms with Gasteiger partial charge in [-0.1, -0.05) is 12.0 Å². The van der Waals surface area contributed by atoms with Gasteiger partial charge in [0.15, 0.2) is 5.82 Å². The van der Waals surface area contributed by atoms with Crippen LogP contribution in [0.1, 0.15) is 42.0 Å². The van der Waals surface area contributed by atoms with Crippen molar-refractivity contribution in [1.29, 1.82) is 0 Å². The number of piperidine rings is 1. The van der Waals surface area contributed by atoms with Crippen molar-refractivity contribution in [3.05, 3.63) is 35.1 Å². The molecule has 1 amide bonds. The number of pyridine rings is 1. The predicted octanol–water partition coefficient (Wildman–Crippen LogP) is 1.44. The molecule has 0 radical (unpaired) electrons. The largest absolute Gasteiger partial charge is 0.393 e. The number of nitrogens with one attached hydrogen (secondary N) is 2. The maximum absolute atomic E-state index is 12.7. The molecule has 0 unspecified atom stereocenters. The van der Waals surface area contributed by atoms with E-state index >= 15 is 0 Å². The molecule has 12 nitrogen and oxygen atoms in total. The molecule has 0 bridgehead atoms. The Bertz CT molecular complexity index is 1160. The first-order valence-corrected chi connectivity index (χ1v) is 12.1. The van der Waals surface area contributed by atoms with Gasteiger partial charge in [0.1, 0.15) is 0 Å². The van der Waals surface area contributed by atoms with Crippen molar-refractivity contribution in [2.45, 2.75) is 25.7 Å². The van der Waals surface area contributed by atoms with Crippen LogP contribution in [0.5, 0.6) is 0 Å². The van der Waals surface area contributed by atoms with Crippen molar-refractivity contribution in [2.75, 3.05) is 50.5 Å². The summed E-state index contributed by atoms with van der Waals surface area (Å²) >= 11 is 0. The van der Waals surface area contributed by atoms with E-state index < -0.39 is 16.1 Å². The molecule has 0 atom stereocenters. The lowest BCUT2D eigenvalue weighted by Crippen LogP contribution is -2.49. The molecule has 2 fully saturated rings. The summed E-state index contributed by atoms with van der Waals surface area (Å²) in [6.45, 7) is 11.5. The monoisotopic (exact) mass is 473 g/mol. The van der Waals surface area contributed by atoms with Crippen LogP contribution in [0.15, 0.2) is 12.1 Å². The molecule has 2 N–H and O–H groups in total. The van der Waals surface area contributed by atoms with E-state index in [2.05, 4.69) is 37.2 Å². The van der Waals surface area contributed by atoms with Gasteiger partial charge in [-0.3, -0.25) is 4.79 Å². The molecule has 2 aliphatic rings. The van der Waals surface area contributed by atoms with Gasteiger partial charge >= 0.3 is 11.9 Å². The van der Waals surface area contributed by atoms with Crippen LogP contribution in [0, 0.1) is 12.5 Å². The molecule has 176 valence electrons. The van der Waals surface area contributed by atoms with Gasteiger partial charge in [0, 0.05) is 51.9 Å². The Morgan fingerprint density at radius 2 is 1.85 bits per heavy atom. The first kappa shape index (κ1) is 23.1. The summed E-state index contributed by atoms with van der Waals surface area (Å²) in [4.78, 5) is 26.7. The summed E-state index contributed by atoms with van der Waals surface area (Å²) in [5.74, 6) is 0.474. The van der Waals surface area contributed by atoms with E-state index in [1.807, 2.05) is 6.07 Å². The Hall–Kier alpha value is -3.08. The number of carbonyl (C=O) groups is 1. The van der Waals surface area contributed by atoms with Crippen LogP contribution < -0.4 is 10.2 Å². The number of amides is 1. The third kappa shape index (κ3) is 4.68. The van der Waals surface area contributed by atoms with Gasteiger partial charge in [0.25, 0.3) is 16.0 Å². The van der Waals surface area contributed by atoms with Crippen LogP contribution in [0.3, 0.4) is 0 Å². The zero-order valence-electron chi connectivity index (χ0n) is 18.8.